The van der Waals surface area contributed by atoms with Gasteiger partial charge in [-0.3, -0.25) is 0 Å². The third-order valence-electron chi connectivity index (χ3n) is 1.46. The molecule has 1 aromatic heterocycles. The summed E-state index contributed by atoms with van der Waals surface area (Å²) in [6, 6.07) is -0.0809. The molecule has 0 amide bonds. The van der Waals surface area contributed by atoms with E-state index in [1.165, 1.54) is 0 Å². The first kappa shape index (κ1) is 16.6. The van der Waals surface area contributed by atoms with E-state index in [1.54, 1.807) is 13.8 Å². The zero-order valence-corrected chi connectivity index (χ0v) is 13.6. The van der Waals surface area contributed by atoms with Gasteiger partial charge in [-0.2, -0.15) is 9.97 Å². The standard InChI is InChI=1S/C8H7Cl6N3O/c1-3(2)18-6-16-4(7(9,10)11)15-5(17-6)8(12,13)14/h3H,1-2H3. The second-order valence-electron chi connectivity index (χ2n) is 3.43. The van der Waals surface area contributed by atoms with Crippen molar-refractivity contribution >= 4 is 69.6 Å². The van der Waals surface area contributed by atoms with Gasteiger partial charge >= 0.3 is 6.01 Å². The first-order valence-corrected chi connectivity index (χ1v) is 6.84. The lowest BCUT2D eigenvalue weighted by Gasteiger charge is -2.16. The Morgan fingerprint density at radius 1 is 0.833 bits per heavy atom. The van der Waals surface area contributed by atoms with Crippen LogP contribution >= 0.6 is 69.6 Å². The number of alkyl halides is 6. The van der Waals surface area contributed by atoms with Gasteiger partial charge in [0.2, 0.25) is 7.59 Å². The lowest BCUT2D eigenvalue weighted by Crippen LogP contribution is -2.19. The van der Waals surface area contributed by atoms with Crippen molar-refractivity contribution in [1.29, 1.82) is 0 Å². The highest BCUT2D eigenvalue weighted by Crippen LogP contribution is 2.40. The van der Waals surface area contributed by atoms with Gasteiger partial charge in [0.25, 0.3) is 0 Å². The van der Waals surface area contributed by atoms with E-state index in [0.29, 0.717) is 0 Å². The van der Waals surface area contributed by atoms with Crippen LogP contribution in [0.25, 0.3) is 0 Å². The maximum absolute atomic E-state index is 5.68. The summed E-state index contributed by atoms with van der Waals surface area (Å²) in [6.45, 7) is 3.54. The zero-order valence-electron chi connectivity index (χ0n) is 9.10. The van der Waals surface area contributed by atoms with Crippen LogP contribution in [0, 0.1) is 0 Å². The molecule has 0 aliphatic rings. The normalized spacial score (nSPS) is 12.9. The van der Waals surface area contributed by atoms with E-state index in [4.69, 9.17) is 74.3 Å². The highest BCUT2D eigenvalue weighted by molar-refractivity contribution is 6.67. The Morgan fingerprint density at radius 2 is 1.22 bits per heavy atom. The maximum atomic E-state index is 5.68. The van der Waals surface area contributed by atoms with Gasteiger partial charge in [-0.25, -0.2) is 4.98 Å². The molecule has 0 radical (unpaired) electrons. The average molecular weight is 374 g/mol. The van der Waals surface area contributed by atoms with Crippen molar-refractivity contribution in [1.82, 2.24) is 15.0 Å². The van der Waals surface area contributed by atoms with Gasteiger partial charge in [0.05, 0.1) is 6.10 Å². The number of hydrogen-bond donors (Lipinski definition) is 0. The molecule has 0 bridgehead atoms. The predicted molar refractivity (Wildman–Crippen MR) is 74.1 cm³/mol. The summed E-state index contributed by atoms with van der Waals surface area (Å²) in [7, 11) is 0. The topological polar surface area (TPSA) is 47.9 Å². The van der Waals surface area contributed by atoms with Crippen molar-refractivity contribution < 1.29 is 4.74 Å². The van der Waals surface area contributed by atoms with Crippen LogP contribution in [0.15, 0.2) is 0 Å². The molecular formula is C8H7Cl6N3O. The van der Waals surface area contributed by atoms with Crippen molar-refractivity contribution in [3.63, 3.8) is 0 Å². The minimum absolute atomic E-state index is 0.0809. The molecule has 0 aliphatic carbocycles. The highest BCUT2D eigenvalue weighted by atomic mass is 35.6. The monoisotopic (exact) mass is 371 g/mol. The molecule has 1 heterocycles. The van der Waals surface area contributed by atoms with Crippen molar-refractivity contribution in [3.05, 3.63) is 11.6 Å². The van der Waals surface area contributed by atoms with Crippen molar-refractivity contribution in [2.24, 2.45) is 0 Å². The third kappa shape index (κ3) is 4.91. The molecule has 102 valence electrons. The quantitative estimate of drug-likeness (QED) is 0.724. The molecule has 0 saturated carbocycles. The zero-order chi connectivity index (χ0) is 14.1. The van der Waals surface area contributed by atoms with Gasteiger partial charge in [0.1, 0.15) is 0 Å². The summed E-state index contributed by atoms with van der Waals surface area (Å²) < 4.78 is 1.53. The summed E-state index contributed by atoms with van der Waals surface area (Å²) in [5, 5.41) is 0. The van der Waals surface area contributed by atoms with Crippen LogP contribution in [0.2, 0.25) is 0 Å². The molecule has 0 spiro atoms. The lowest BCUT2D eigenvalue weighted by molar-refractivity contribution is 0.219. The van der Waals surface area contributed by atoms with Crippen molar-refractivity contribution in [2.75, 3.05) is 0 Å². The van der Waals surface area contributed by atoms with Crippen LogP contribution in [0.1, 0.15) is 25.5 Å². The predicted octanol–water partition coefficient (Wildman–Crippen LogP) is 4.31. The fourth-order valence-electron chi connectivity index (χ4n) is 0.874. The van der Waals surface area contributed by atoms with E-state index in [2.05, 4.69) is 15.0 Å². The summed E-state index contributed by atoms with van der Waals surface area (Å²) in [5.74, 6) is -0.362. The minimum atomic E-state index is -1.87. The van der Waals surface area contributed by atoms with Crippen LogP contribution in [0.5, 0.6) is 6.01 Å². The van der Waals surface area contributed by atoms with Gasteiger partial charge in [-0.05, 0) is 13.8 Å². The molecule has 1 rings (SSSR count). The number of rotatable bonds is 2. The van der Waals surface area contributed by atoms with Crippen LogP contribution in [-0.2, 0) is 7.59 Å². The molecule has 10 heteroatoms. The molecule has 0 fully saturated rings. The van der Waals surface area contributed by atoms with Crippen molar-refractivity contribution in [2.45, 2.75) is 27.5 Å². The van der Waals surface area contributed by atoms with Crippen LogP contribution in [-0.4, -0.2) is 21.1 Å². The van der Waals surface area contributed by atoms with E-state index in [1.807, 2.05) is 0 Å². The summed E-state index contributed by atoms with van der Waals surface area (Å²) in [5.41, 5.74) is 0. The maximum Gasteiger partial charge on any atom is 0.320 e. The van der Waals surface area contributed by atoms with Crippen LogP contribution in [0.3, 0.4) is 0 Å². The Labute approximate surface area is 134 Å². The Hall–Kier alpha value is 0.550. The molecule has 0 unspecified atom stereocenters. The molecule has 4 nitrogen and oxygen atoms in total. The number of ether oxygens (including phenoxy) is 1. The van der Waals surface area contributed by atoms with Gasteiger partial charge < -0.3 is 4.74 Å². The third-order valence-corrected chi connectivity index (χ3v) is 2.48. The molecule has 0 atom stereocenters. The van der Waals surface area contributed by atoms with E-state index < -0.39 is 7.59 Å². The summed E-state index contributed by atoms with van der Waals surface area (Å²) in [4.78, 5) is 11.5. The Bertz CT molecular complexity index is 396. The number of nitrogens with zero attached hydrogens (tertiary/aromatic N) is 3. The fraction of sp³-hybridized carbons (Fsp3) is 0.625. The van der Waals surface area contributed by atoms with Crippen LogP contribution in [0.4, 0.5) is 0 Å². The Morgan fingerprint density at radius 3 is 1.50 bits per heavy atom. The highest BCUT2D eigenvalue weighted by Gasteiger charge is 2.34. The first-order valence-electron chi connectivity index (χ1n) is 4.57. The van der Waals surface area contributed by atoms with E-state index in [-0.39, 0.29) is 23.8 Å². The fourth-order valence-corrected chi connectivity index (χ4v) is 1.38. The average Bonchev–Trinajstić information content (AvgIpc) is 2.13. The Kier molecular flexibility index (Phi) is 5.44. The molecule has 0 N–H and O–H groups in total. The molecule has 18 heavy (non-hydrogen) atoms. The lowest BCUT2D eigenvalue weighted by atomic mass is 10.5. The minimum Gasteiger partial charge on any atom is -0.461 e. The number of hydrogen-bond acceptors (Lipinski definition) is 4. The van der Waals surface area contributed by atoms with E-state index >= 15 is 0 Å². The Balaban J connectivity index is 3.29. The van der Waals surface area contributed by atoms with Gasteiger partial charge in [0, 0.05) is 0 Å². The molecule has 0 aliphatic heterocycles. The first-order chi connectivity index (χ1) is 8.00. The number of halogens is 6. The second kappa shape index (κ2) is 5.90. The van der Waals surface area contributed by atoms with Crippen molar-refractivity contribution in [3.8, 4) is 6.01 Å². The molecule has 0 aromatic carbocycles. The molecule has 1 aromatic rings. The summed E-state index contributed by atoms with van der Waals surface area (Å²) in [6.07, 6.45) is -0.196. The second-order valence-corrected chi connectivity index (χ2v) is 7.99. The largest absolute Gasteiger partial charge is 0.461 e. The number of aromatic nitrogens is 3. The SMILES string of the molecule is CC(C)Oc1nc(C(Cl)(Cl)Cl)nc(C(Cl)(Cl)Cl)n1. The molecule has 0 saturated heterocycles. The summed E-state index contributed by atoms with van der Waals surface area (Å²) >= 11 is 34.1. The smallest absolute Gasteiger partial charge is 0.320 e. The van der Waals surface area contributed by atoms with E-state index in [0.717, 1.165) is 0 Å². The van der Waals surface area contributed by atoms with Gasteiger partial charge in [-0.1, -0.05) is 69.6 Å². The van der Waals surface area contributed by atoms with Gasteiger partial charge in [-0.15, -0.1) is 0 Å². The van der Waals surface area contributed by atoms with E-state index in [9.17, 15) is 0 Å². The molecular weight excluding hydrogens is 367 g/mol. The van der Waals surface area contributed by atoms with Gasteiger partial charge in [0.15, 0.2) is 11.6 Å². The van der Waals surface area contributed by atoms with Crippen LogP contribution < -0.4 is 4.74 Å².